The fourth-order valence-electron chi connectivity index (χ4n) is 5.65. The van der Waals surface area contributed by atoms with E-state index in [4.69, 9.17) is 19.9 Å². The summed E-state index contributed by atoms with van der Waals surface area (Å²) in [6, 6.07) is 13.8. The van der Waals surface area contributed by atoms with Gasteiger partial charge in [0.15, 0.2) is 9.84 Å². The number of nitrogens with one attached hydrogen (secondary N) is 1. The second-order valence-electron chi connectivity index (χ2n) is 11.2. The number of rotatable bonds is 10. The van der Waals surface area contributed by atoms with E-state index in [2.05, 4.69) is 9.88 Å². The van der Waals surface area contributed by atoms with Crippen LogP contribution in [0.3, 0.4) is 0 Å². The third kappa shape index (κ3) is 5.51. The third-order valence-corrected chi connectivity index (χ3v) is 10.6. The molecule has 1 aliphatic heterocycles. The molecule has 40 heavy (non-hydrogen) atoms. The average Bonchev–Trinajstić information content (AvgIpc) is 3.52. The first-order valence-electron chi connectivity index (χ1n) is 14.2. The molecule has 3 aromatic rings. The first kappa shape index (κ1) is 27.0. The zero-order valence-corrected chi connectivity index (χ0v) is 23.6. The zero-order valence-electron chi connectivity index (χ0n) is 22.8. The molecule has 1 saturated heterocycles. The van der Waals surface area contributed by atoms with Crippen LogP contribution in [0.25, 0.3) is 22.2 Å². The molecule has 6 rings (SSSR count). The second kappa shape index (κ2) is 11.0. The van der Waals surface area contributed by atoms with Crippen LogP contribution >= 0.6 is 0 Å². The highest BCUT2D eigenvalue weighted by atomic mass is 32.2. The molecule has 214 valence electrons. The molecule has 2 heterocycles. The summed E-state index contributed by atoms with van der Waals surface area (Å²) in [6.07, 6.45) is 5.56. The highest BCUT2D eigenvalue weighted by Gasteiger charge is 2.31. The number of nitrogens with zero attached hydrogens (tertiary/aromatic N) is 1. The molecule has 0 radical (unpaired) electrons. The van der Waals surface area contributed by atoms with E-state index < -0.39 is 21.2 Å². The van der Waals surface area contributed by atoms with E-state index >= 15 is 0 Å². The number of nitrogens with two attached hydrogens (primary N) is 1. The lowest BCUT2D eigenvalue weighted by atomic mass is 9.92. The number of nitrogen functional groups attached to an aromatic ring is 1. The van der Waals surface area contributed by atoms with Crippen LogP contribution in [0.15, 0.2) is 42.5 Å². The van der Waals surface area contributed by atoms with Gasteiger partial charge < -0.3 is 24.5 Å². The number of amides is 1. The van der Waals surface area contributed by atoms with Crippen LogP contribution in [-0.2, 0) is 19.3 Å². The smallest absolute Gasteiger partial charge is 0.411 e. The summed E-state index contributed by atoms with van der Waals surface area (Å²) in [5, 5.41) is 3.33. The molecule has 2 unspecified atom stereocenters. The van der Waals surface area contributed by atoms with Gasteiger partial charge in [-0.25, -0.2) is 13.2 Å². The summed E-state index contributed by atoms with van der Waals surface area (Å²) in [6.45, 7) is 2.79. The maximum Gasteiger partial charge on any atom is 0.411 e. The van der Waals surface area contributed by atoms with Crippen molar-refractivity contribution in [3.63, 3.8) is 0 Å². The fourth-order valence-corrected chi connectivity index (χ4v) is 7.06. The monoisotopic (exact) mass is 567 g/mol. The Morgan fingerprint density at radius 3 is 2.55 bits per heavy atom. The number of anilines is 2. The average molecular weight is 568 g/mol. The molecule has 3 N–H and O–H groups in total. The Balaban J connectivity index is 1.21. The first-order valence-corrected chi connectivity index (χ1v) is 16.0. The zero-order chi connectivity index (χ0) is 27.9. The summed E-state index contributed by atoms with van der Waals surface area (Å²) >= 11 is 0. The molecule has 10 heteroatoms. The molecule has 2 atom stereocenters. The Morgan fingerprint density at radius 1 is 1.12 bits per heavy atom. The Bertz CT molecular complexity index is 1490. The van der Waals surface area contributed by atoms with E-state index in [0.29, 0.717) is 42.1 Å². The van der Waals surface area contributed by atoms with E-state index in [1.165, 1.54) is 0 Å². The molecule has 3 fully saturated rings. The van der Waals surface area contributed by atoms with Crippen molar-refractivity contribution in [1.82, 2.24) is 4.57 Å². The molecular weight excluding hydrogens is 530 g/mol. The number of aromatic nitrogens is 1. The second-order valence-corrected chi connectivity index (χ2v) is 13.6. The number of carbonyl (C=O) groups is 1. The number of hydrogen-bond donors (Lipinski definition) is 2. The lowest BCUT2D eigenvalue weighted by Crippen LogP contribution is -2.27. The van der Waals surface area contributed by atoms with E-state index in [1.54, 1.807) is 0 Å². The lowest BCUT2D eigenvalue weighted by molar-refractivity contribution is 0.108. The van der Waals surface area contributed by atoms with Crippen LogP contribution in [0.2, 0.25) is 0 Å². The van der Waals surface area contributed by atoms with Crippen molar-refractivity contribution >= 4 is 38.2 Å². The summed E-state index contributed by atoms with van der Waals surface area (Å²) in [5.74, 6) is 1.06. The SMILES string of the molecule is CC(OC(=O)Nc1ccc(-c2c(N)c3ccc(OCCS(=O)(=O)C4CCOC4)cc3n2C2CCC2)cc1)C1CC1. The minimum Gasteiger partial charge on any atom is -0.492 e. The molecule has 0 spiro atoms. The van der Waals surface area contributed by atoms with Crippen molar-refractivity contribution in [2.75, 3.05) is 36.6 Å². The molecule has 9 nitrogen and oxygen atoms in total. The van der Waals surface area contributed by atoms with Crippen LogP contribution in [-0.4, -0.2) is 56.0 Å². The molecule has 0 bridgehead atoms. The minimum atomic E-state index is -3.26. The van der Waals surface area contributed by atoms with Gasteiger partial charge in [0.1, 0.15) is 18.5 Å². The predicted molar refractivity (Wildman–Crippen MR) is 155 cm³/mol. The molecule has 1 amide bonds. The van der Waals surface area contributed by atoms with Gasteiger partial charge in [-0.05, 0) is 75.6 Å². The Hall–Kier alpha value is -3.24. The maximum absolute atomic E-state index is 12.6. The Morgan fingerprint density at radius 2 is 1.90 bits per heavy atom. The largest absolute Gasteiger partial charge is 0.492 e. The number of fused-ring (bicyclic) bond motifs is 1. The van der Waals surface area contributed by atoms with Crippen LogP contribution in [0, 0.1) is 5.92 Å². The minimum absolute atomic E-state index is 0.0382. The van der Waals surface area contributed by atoms with Gasteiger partial charge in [-0.1, -0.05) is 12.1 Å². The highest BCUT2D eigenvalue weighted by Crippen LogP contribution is 2.45. The van der Waals surface area contributed by atoms with Gasteiger partial charge in [0, 0.05) is 35.4 Å². The summed E-state index contributed by atoms with van der Waals surface area (Å²) < 4.78 is 44.1. The number of sulfone groups is 1. The van der Waals surface area contributed by atoms with Gasteiger partial charge in [0.25, 0.3) is 0 Å². The van der Waals surface area contributed by atoms with E-state index in [0.717, 1.165) is 54.3 Å². The molecule has 2 aromatic carbocycles. The standard InChI is InChI=1S/C30H37N3O6S/c1-19(20-5-6-20)39-30(34)32-22-9-7-21(8-10-22)29-28(31)26-12-11-24(17-27(26)33(29)23-3-2-4-23)38-15-16-40(35,36)25-13-14-37-18-25/h7-12,17,19-20,23,25H,2-6,13-16,18,31H2,1H3,(H,32,34). The van der Waals surface area contributed by atoms with Gasteiger partial charge in [-0.2, -0.15) is 0 Å². The van der Waals surface area contributed by atoms with E-state index in [9.17, 15) is 13.2 Å². The summed E-state index contributed by atoms with van der Waals surface area (Å²) in [4.78, 5) is 12.3. The van der Waals surface area contributed by atoms with Gasteiger partial charge in [0.05, 0.1) is 34.5 Å². The first-order chi connectivity index (χ1) is 19.3. The Labute approximate surface area is 234 Å². The van der Waals surface area contributed by atoms with Crippen molar-refractivity contribution in [1.29, 1.82) is 0 Å². The Kier molecular flexibility index (Phi) is 7.39. The van der Waals surface area contributed by atoms with E-state index in [-0.39, 0.29) is 25.1 Å². The number of benzene rings is 2. The fraction of sp³-hybridized carbons (Fsp3) is 0.500. The maximum atomic E-state index is 12.6. The van der Waals surface area contributed by atoms with Crippen LogP contribution in [0.1, 0.15) is 51.5 Å². The van der Waals surface area contributed by atoms with Gasteiger partial charge in [0.2, 0.25) is 0 Å². The van der Waals surface area contributed by atoms with Crippen LogP contribution in [0.5, 0.6) is 5.75 Å². The topological polar surface area (TPSA) is 122 Å². The predicted octanol–water partition coefficient (Wildman–Crippen LogP) is 5.55. The van der Waals surface area contributed by atoms with Gasteiger partial charge in [-0.15, -0.1) is 0 Å². The van der Waals surface area contributed by atoms with Crippen molar-refractivity contribution < 1.29 is 27.4 Å². The van der Waals surface area contributed by atoms with Crippen molar-refractivity contribution in [2.45, 2.75) is 62.8 Å². The van der Waals surface area contributed by atoms with Crippen molar-refractivity contribution in [3.05, 3.63) is 42.5 Å². The molecular formula is C30H37N3O6S. The molecule has 2 saturated carbocycles. The van der Waals surface area contributed by atoms with Crippen LogP contribution < -0.4 is 15.8 Å². The third-order valence-electron chi connectivity index (χ3n) is 8.47. The lowest BCUT2D eigenvalue weighted by Gasteiger charge is -2.30. The highest BCUT2D eigenvalue weighted by molar-refractivity contribution is 7.92. The number of ether oxygens (including phenoxy) is 3. The number of hydrogen-bond acceptors (Lipinski definition) is 7. The summed E-state index contributed by atoms with van der Waals surface area (Å²) in [7, 11) is -3.26. The quantitative estimate of drug-likeness (QED) is 0.330. The molecule has 3 aliphatic rings. The summed E-state index contributed by atoms with van der Waals surface area (Å²) in [5.41, 5.74) is 11.0. The molecule has 2 aliphatic carbocycles. The van der Waals surface area contributed by atoms with Crippen molar-refractivity contribution in [2.24, 2.45) is 5.92 Å². The van der Waals surface area contributed by atoms with Crippen molar-refractivity contribution in [3.8, 4) is 17.0 Å². The van der Waals surface area contributed by atoms with E-state index in [1.807, 2.05) is 49.4 Å². The molecule has 1 aromatic heterocycles. The normalized spacial score (nSPS) is 20.3. The number of carbonyl (C=O) groups excluding carboxylic acids is 1. The van der Waals surface area contributed by atoms with Gasteiger partial charge in [-0.3, -0.25) is 5.32 Å². The van der Waals surface area contributed by atoms with Gasteiger partial charge >= 0.3 is 6.09 Å². The van der Waals surface area contributed by atoms with Crippen LogP contribution in [0.4, 0.5) is 16.2 Å².